The molecule has 0 aromatic carbocycles. The number of hydrogen-bond acceptors (Lipinski definition) is 6. The minimum Gasteiger partial charge on any atom is -0.756 e. The zero-order valence-corrected chi connectivity index (χ0v) is 21.4. The van der Waals surface area contributed by atoms with Gasteiger partial charge in [-0.05, 0) is 31.1 Å². The summed E-state index contributed by atoms with van der Waals surface area (Å²) in [5.74, 6) is -0.696. The quantitative estimate of drug-likeness (QED) is 0.349. The number of hydrogen-bond donors (Lipinski definition) is 1. The molecule has 1 saturated carbocycles. The Balaban J connectivity index is 0.00000288. The maximum atomic E-state index is 11.0. The first kappa shape index (κ1) is 27.0. The average Bonchev–Trinajstić information content (AvgIpc) is 2.36. The molecule has 0 spiro atoms. The molecular formula is C15H28Na2O7P. The molecule has 1 radical (unpaired) electrons. The fourth-order valence-electron chi connectivity index (χ4n) is 4.41. The molecule has 4 atom stereocenters. The van der Waals surface area contributed by atoms with E-state index in [1.807, 2.05) is 0 Å². The van der Waals surface area contributed by atoms with Gasteiger partial charge in [-0.2, -0.15) is 4.89 Å². The molecule has 1 aliphatic carbocycles. The van der Waals surface area contributed by atoms with Gasteiger partial charge in [-0.1, -0.05) is 34.1 Å². The molecule has 0 bridgehead atoms. The van der Waals surface area contributed by atoms with E-state index in [1.54, 1.807) is 7.11 Å². The van der Waals surface area contributed by atoms with Gasteiger partial charge in [0, 0.05) is 42.6 Å². The fourth-order valence-corrected chi connectivity index (χ4v) is 4.97. The van der Waals surface area contributed by atoms with Crippen LogP contribution in [0.3, 0.4) is 0 Å². The summed E-state index contributed by atoms with van der Waals surface area (Å²) in [6.45, 7) is 8.25. The SMILES string of the molecule is COC1(C2CCCC(OP(=O)([O-])O)C2)OOC1(C(C)C)C(C)C.[Na+].[Na]. The second-order valence-electron chi connectivity index (χ2n) is 7.20. The molecule has 0 aromatic rings. The van der Waals surface area contributed by atoms with Gasteiger partial charge in [-0.3, -0.25) is 4.57 Å². The van der Waals surface area contributed by atoms with Gasteiger partial charge in [0.2, 0.25) is 5.79 Å². The first-order valence-corrected chi connectivity index (χ1v) is 9.72. The van der Waals surface area contributed by atoms with Crippen LogP contribution in [-0.4, -0.2) is 59.1 Å². The zero-order chi connectivity index (χ0) is 17.5. The van der Waals surface area contributed by atoms with Gasteiger partial charge in [0.25, 0.3) is 7.82 Å². The van der Waals surface area contributed by atoms with Gasteiger partial charge < -0.3 is 19.0 Å². The summed E-state index contributed by atoms with van der Waals surface area (Å²) in [5.41, 5.74) is -0.602. The second-order valence-corrected chi connectivity index (χ2v) is 8.35. The Morgan fingerprint density at radius 2 is 1.76 bits per heavy atom. The van der Waals surface area contributed by atoms with Gasteiger partial charge in [0.15, 0.2) is 5.60 Å². The summed E-state index contributed by atoms with van der Waals surface area (Å²) in [4.78, 5) is 31.1. The van der Waals surface area contributed by atoms with Crippen molar-refractivity contribution in [1.29, 1.82) is 0 Å². The molecule has 1 heterocycles. The van der Waals surface area contributed by atoms with E-state index < -0.39 is 25.3 Å². The molecular weight excluding hydrogens is 369 g/mol. The molecule has 2 aliphatic rings. The largest absolute Gasteiger partial charge is 1.00 e. The molecule has 2 rings (SSSR count). The fraction of sp³-hybridized carbons (Fsp3) is 1.00. The zero-order valence-electron chi connectivity index (χ0n) is 16.5. The summed E-state index contributed by atoms with van der Waals surface area (Å²) in [7, 11) is -3.15. The van der Waals surface area contributed by atoms with Crippen LogP contribution in [0.1, 0.15) is 53.4 Å². The van der Waals surface area contributed by atoms with Crippen molar-refractivity contribution in [3.63, 3.8) is 0 Å². The Morgan fingerprint density at radius 3 is 2.12 bits per heavy atom. The van der Waals surface area contributed by atoms with Gasteiger partial charge in [0.1, 0.15) is 0 Å². The van der Waals surface area contributed by atoms with Crippen LogP contribution in [0.4, 0.5) is 0 Å². The predicted octanol–water partition coefficient (Wildman–Crippen LogP) is -0.999. The van der Waals surface area contributed by atoms with Crippen LogP contribution in [0.25, 0.3) is 0 Å². The Bertz CT molecular complexity index is 459. The number of phosphoric acid groups is 1. The van der Waals surface area contributed by atoms with E-state index in [0.29, 0.717) is 12.8 Å². The van der Waals surface area contributed by atoms with Crippen molar-refractivity contribution >= 4 is 37.4 Å². The first-order valence-electron chi connectivity index (χ1n) is 8.23. The third-order valence-electron chi connectivity index (χ3n) is 5.31. The third-order valence-corrected chi connectivity index (χ3v) is 5.88. The van der Waals surface area contributed by atoms with Gasteiger partial charge >= 0.3 is 29.6 Å². The van der Waals surface area contributed by atoms with Gasteiger partial charge in [-0.25, -0.2) is 4.89 Å². The van der Waals surface area contributed by atoms with E-state index >= 15 is 0 Å². The normalized spacial score (nSPS) is 33.8. The number of ether oxygens (including phenoxy) is 1. The van der Waals surface area contributed by atoms with E-state index in [1.165, 1.54) is 0 Å². The molecule has 25 heavy (non-hydrogen) atoms. The van der Waals surface area contributed by atoms with Crippen LogP contribution < -0.4 is 34.5 Å². The van der Waals surface area contributed by atoms with E-state index in [9.17, 15) is 9.46 Å². The third kappa shape index (κ3) is 5.13. The van der Waals surface area contributed by atoms with Crippen molar-refractivity contribution in [3.05, 3.63) is 0 Å². The molecule has 2 fully saturated rings. The van der Waals surface area contributed by atoms with E-state index in [4.69, 9.17) is 23.9 Å². The molecule has 10 heteroatoms. The Morgan fingerprint density at radius 1 is 1.20 bits per heavy atom. The molecule has 0 aromatic heterocycles. The Kier molecular flexibility index (Phi) is 11.0. The topological polar surface area (TPSA) is 97.3 Å². The summed E-state index contributed by atoms with van der Waals surface area (Å²) in [6, 6.07) is 0. The second kappa shape index (κ2) is 10.1. The van der Waals surface area contributed by atoms with Crippen molar-refractivity contribution in [3.8, 4) is 0 Å². The maximum Gasteiger partial charge on any atom is 1.00 e. The van der Waals surface area contributed by atoms with E-state index in [0.717, 1.165) is 12.8 Å². The maximum absolute atomic E-state index is 11.0. The van der Waals surface area contributed by atoms with Crippen LogP contribution in [0.2, 0.25) is 0 Å². The summed E-state index contributed by atoms with van der Waals surface area (Å²) in [5, 5.41) is 0. The van der Waals surface area contributed by atoms with Crippen molar-refractivity contribution in [2.24, 2.45) is 17.8 Å². The Hall–Kier alpha value is 1.99. The molecule has 1 N–H and O–H groups in total. The van der Waals surface area contributed by atoms with Crippen LogP contribution in [-0.2, 0) is 23.6 Å². The van der Waals surface area contributed by atoms with Crippen LogP contribution in [0, 0.1) is 17.8 Å². The number of methoxy groups -OCH3 is 1. The number of rotatable bonds is 6. The van der Waals surface area contributed by atoms with Gasteiger partial charge in [-0.15, -0.1) is 0 Å². The standard InChI is InChI=1S/C15H29O7P.2Na/c1-10(2)14(11(3)4)15(19-5,22-21-14)12-7-6-8-13(9-12)20-23(16,17)18;;/h10-13H,6-9H2,1-5H3,(H2,16,17,18);;/q;;+1/p-1. The van der Waals surface area contributed by atoms with Crippen LogP contribution in [0.5, 0.6) is 0 Å². The summed E-state index contributed by atoms with van der Waals surface area (Å²) < 4.78 is 21.7. The van der Waals surface area contributed by atoms with Gasteiger partial charge in [0.05, 0.1) is 6.10 Å². The minimum absolute atomic E-state index is 0. The average molecular weight is 397 g/mol. The molecule has 7 nitrogen and oxygen atoms in total. The number of phosphoric ester groups is 1. The summed E-state index contributed by atoms with van der Waals surface area (Å²) >= 11 is 0. The van der Waals surface area contributed by atoms with Crippen molar-refractivity contribution in [2.75, 3.05) is 7.11 Å². The molecule has 1 aliphatic heterocycles. The monoisotopic (exact) mass is 397 g/mol. The van der Waals surface area contributed by atoms with E-state index in [-0.39, 0.29) is 76.9 Å². The van der Waals surface area contributed by atoms with Crippen LogP contribution >= 0.6 is 7.82 Å². The molecule has 0 amide bonds. The first-order chi connectivity index (χ1) is 10.6. The van der Waals surface area contributed by atoms with Crippen molar-refractivity contribution in [2.45, 2.75) is 70.9 Å². The van der Waals surface area contributed by atoms with Crippen LogP contribution in [0.15, 0.2) is 0 Å². The molecule has 137 valence electrons. The smallest absolute Gasteiger partial charge is 0.756 e. The van der Waals surface area contributed by atoms with Crippen molar-refractivity contribution < 1.29 is 62.9 Å². The van der Waals surface area contributed by atoms with E-state index in [2.05, 4.69) is 27.7 Å². The molecule has 1 saturated heterocycles. The predicted molar refractivity (Wildman–Crippen MR) is 86.7 cm³/mol. The summed E-state index contributed by atoms with van der Waals surface area (Å²) in [6.07, 6.45) is 2.06. The molecule has 4 unspecified atom stereocenters. The minimum atomic E-state index is -4.75. The van der Waals surface area contributed by atoms with Crippen molar-refractivity contribution in [1.82, 2.24) is 0 Å². The Labute approximate surface area is 194 Å².